The van der Waals surface area contributed by atoms with E-state index in [0.717, 1.165) is 24.0 Å². The van der Waals surface area contributed by atoms with Crippen molar-refractivity contribution in [2.45, 2.75) is 64.4 Å². The zero-order valence-electron chi connectivity index (χ0n) is 20.7. The van der Waals surface area contributed by atoms with E-state index in [1.807, 2.05) is 6.08 Å². The van der Waals surface area contributed by atoms with Crippen molar-refractivity contribution in [1.82, 2.24) is 0 Å². The van der Waals surface area contributed by atoms with Crippen LogP contribution in [0.25, 0.3) is 17.2 Å². The molecule has 4 rings (SSSR count). The first-order valence-corrected chi connectivity index (χ1v) is 11.9. The van der Waals surface area contributed by atoms with Crippen LogP contribution >= 0.6 is 0 Å². The standard InChI is InChI=1S/C31H34O3/c1-20-6-11-22(12-7-20)25-18-24(19-26-28(25)31(4,5)17-16-30(26,2)3)27(32)15-10-21-8-13-23(14-9-21)29(33)34/h6-15,18-19,27,32H,16-17H2,1-5H3,(H,33,34)/b15-10-. The van der Waals surface area contributed by atoms with Gasteiger partial charge in [0.15, 0.2) is 0 Å². The van der Waals surface area contributed by atoms with Crippen molar-refractivity contribution in [1.29, 1.82) is 0 Å². The van der Waals surface area contributed by atoms with E-state index in [1.165, 1.54) is 27.8 Å². The third-order valence-electron chi connectivity index (χ3n) is 7.27. The lowest BCUT2D eigenvalue weighted by Crippen LogP contribution is -2.34. The van der Waals surface area contributed by atoms with Gasteiger partial charge in [-0.15, -0.1) is 0 Å². The van der Waals surface area contributed by atoms with Gasteiger partial charge in [-0.1, -0.05) is 87.9 Å². The Kier molecular flexibility index (Phi) is 6.26. The molecule has 3 nitrogen and oxygen atoms in total. The van der Waals surface area contributed by atoms with Crippen molar-refractivity contribution >= 4 is 12.0 Å². The van der Waals surface area contributed by atoms with E-state index in [1.54, 1.807) is 30.3 Å². The van der Waals surface area contributed by atoms with Gasteiger partial charge >= 0.3 is 5.97 Å². The third-order valence-corrected chi connectivity index (χ3v) is 7.27. The molecule has 0 saturated heterocycles. The summed E-state index contributed by atoms with van der Waals surface area (Å²) in [5.74, 6) is -0.946. The summed E-state index contributed by atoms with van der Waals surface area (Å²) in [5, 5.41) is 20.3. The van der Waals surface area contributed by atoms with E-state index in [2.05, 4.69) is 71.0 Å². The molecule has 0 fully saturated rings. The minimum atomic E-state index is -0.946. The van der Waals surface area contributed by atoms with Crippen LogP contribution < -0.4 is 0 Å². The number of benzene rings is 3. The highest BCUT2D eigenvalue weighted by molar-refractivity contribution is 5.87. The maximum Gasteiger partial charge on any atom is 0.335 e. The molecule has 3 heteroatoms. The van der Waals surface area contributed by atoms with Crippen LogP contribution in [0.2, 0.25) is 0 Å². The number of aryl methyl sites for hydroxylation is 1. The van der Waals surface area contributed by atoms with Crippen LogP contribution in [-0.2, 0) is 10.8 Å². The molecule has 0 aliphatic heterocycles. The summed E-state index contributed by atoms with van der Waals surface area (Å²) in [5.41, 5.74) is 8.35. The van der Waals surface area contributed by atoms with Gasteiger partial charge in [0.25, 0.3) is 0 Å². The number of carboxylic acids is 1. The third kappa shape index (κ3) is 4.71. The van der Waals surface area contributed by atoms with Crippen molar-refractivity contribution in [3.8, 4) is 11.1 Å². The lowest BCUT2D eigenvalue weighted by Gasteiger charge is -2.43. The lowest BCUT2D eigenvalue weighted by molar-refractivity contribution is 0.0697. The van der Waals surface area contributed by atoms with E-state index in [9.17, 15) is 9.90 Å². The number of hydrogen-bond acceptors (Lipinski definition) is 2. The predicted molar refractivity (Wildman–Crippen MR) is 139 cm³/mol. The van der Waals surface area contributed by atoms with Gasteiger partial charge in [-0.05, 0) is 82.2 Å². The molecule has 0 radical (unpaired) electrons. The Morgan fingerprint density at radius 3 is 2.15 bits per heavy atom. The summed E-state index contributed by atoms with van der Waals surface area (Å²) in [7, 11) is 0. The number of carbonyl (C=O) groups is 1. The summed E-state index contributed by atoms with van der Waals surface area (Å²) in [4.78, 5) is 11.1. The number of fused-ring (bicyclic) bond motifs is 1. The monoisotopic (exact) mass is 454 g/mol. The number of hydrogen-bond donors (Lipinski definition) is 2. The fourth-order valence-corrected chi connectivity index (χ4v) is 4.99. The van der Waals surface area contributed by atoms with Crippen molar-refractivity contribution in [2.75, 3.05) is 0 Å². The molecule has 0 amide bonds. The molecule has 176 valence electrons. The number of aliphatic hydroxyl groups is 1. The topological polar surface area (TPSA) is 57.5 Å². The number of rotatable bonds is 5. The Labute approximate surface area is 202 Å². The predicted octanol–water partition coefficient (Wildman–Crippen LogP) is 7.46. The summed E-state index contributed by atoms with van der Waals surface area (Å²) < 4.78 is 0. The highest BCUT2D eigenvalue weighted by Crippen LogP contribution is 2.50. The molecule has 1 unspecified atom stereocenters. The Morgan fingerprint density at radius 1 is 0.912 bits per heavy atom. The molecule has 1 atom stereocenters. The molecule has 0 heterocycles. The Bertz CT molecular complexity index is 1230. The van der Waals surface area contributed by atoms with Gasteiger partial charge in [0.05, 0.1) is 11.7 Å². The van der Waals surface area contributed by atoms with Crippen molar-refractivity contribution in [2.24, 2.45) is 0 Å². The van der Waals surface area contributed by atoms with Gasteiger partial charge in [-0.25, -0.2) is 4.79 Å². The normalized spacial score (nSPS) is 17.4. The van der Waals surface area contributed by atoms with E-state index < -0.39 is 12.1 Å². The number of aliphatic hydroxyl groups excluding tert-OH is 1. The molecular weight excluding hydrogens is 420 g/mol. The average Bonchev–Trinajstić information content (AvgIpc) is 2.80. The van der Waals surface area contributed by atoms with Gasteiger partial charge in [0, 0.05) is 0 Å². The lowest BCUT2D eigenvalue weighted by atomic mass is 9.61. The largest absolute Gasteiger partial charge is 0.478 e. The van der Waals surface area contributed by atoms with Gasteiger partial charge in [-0.3, -0.25) is 0 Å². The first-order chi connectivity index (χ1) is 16.0. The fourth-order valence-electron chi connectivity index (χ4n) is 4.99. The van der Waals surface area contributed by atoms with Crippen LogP contribution in [-0.4, -0.2) is 16.2 Å². The van der Waals surface area contributed by atoms with Crippen LogP contribution in [0, 0.1) is 6.92 Å². The molecule has 0 aromatic heterocycles. The minimum absolute atomic E-state index is 0.0242. The van der Waals surface area contributed by atoms with Crippen molar-refractivity contribution in [3.05, 3.63) is 100 Å². The SMILES string of the molecule is Cc1ccc(-c2cc(C(O)/C=C\c3ccc(C(=O)O)cc3)cc3c2C(C)(C)CCC3(C)C)cc1. The Hall–Kier alpha value is -3.17. The summed E-state index contributed by atoms with van der Waals surface area (Å²) in [6.07, 6.45) is 5.08. The van der Waals surface area contributed by atoms with E-state index in [4.69, 9.17) is 5.11 Å². The average molecular weight is 455 g/mol. The molecule has 0 bridgehead atoms. The zero-order chi connectivity index (χ0) is 24.7. The van der Waals surface area contributed by atoms with Crippen LogP contribution in [0.1, 0.15) is 84.8 Å². The first-order valence-electron chi connectivity index (χ1n) is 11.9. The van der Waals surface area contributed by atoms with Crippen LogP contribution in [0.15, 0.2) is 66.7 Å². The van der Waals surface area contributed by atoms with E-state index in [-0.39, 0.29) is 16.4 Å². The maximum atomic E-state index is 11.2. The second-order valence-electron chi connectivity index (χ2n) is 10.9. The maximum absolute atomic E-state index is 11.2. The molecule has 2 N–H and O–H groups in total. The summed E-state index contributed by atoms with van der Waals surface area (Å²) >= 11 is 0. The smallest absolute Gasteiger partial charge is 0.335 e. The van der Waals surface area contributed by atoms with Crippen LogP contribution in [0.3, 0.4) is 0 Å². The molecule has 34 heavy (non-hydrogen) atoms. The fraction of sp³-hybridized carbons (Fsp3) is 0.323. The zero-order valence-corrected chi connectivity index (χ0v) is 20.7. The highest BCUT2D eigenvalue weighted by atomic mass is 16.4. The second kappa shape index (κ2) is 8.88. The highest BCUT2D eigenvalue weighted by Gasteiger charge is 2.39. The number of carboxylic acid groups (broad SMARTS) is 1. The Morgan fingerprint density at radius 2 is 1.53 bits per heavy atom. The van der Waals surface area contributed by atoms with E-state index in [0.29, 0.717) is 0 Å². The quantitative estimate of drug-likeness (QED) is 0.421. The molecule has 0 spiro atoms. The van der Waals surface area contributed by atoms with Gasteiger partial charge < -0.3 is 10.2 Å². The van der Waals surface area contributed by atoms with Gasteiger partial charge in [-0.2, -0.15) is 0 Å². The van der Waals surface area contributed by atoms with Gasteiger partial charge in [0.1, 0.15) is 0 Å². The summed E-state index contributed by atoms with van der Waals surface area (Å²) in [6, 6.07) is 19.6. The van der Waals surface area contributed by atoms with Crippen LogP contribution in [0.5, 0.6) is 0 Å². The molecule has 1 aliphatic rings. The molecular formula is C31H34O3. The molecule has 0 saturated carbocycles. The number of aromatic carboxylic acids is 1. The van der Waals surface area contributed by atoms with Gasteiger partial charge in [0.2, 0.25) is 0 Å². The molecule has 3 aromatic carbocycles. The Balaban J connectivity index is 1.79. The first kappa shape index (κ1) is 24.0. The summed E-state index contributed by atoms with van der Waals surface area (Å²) in [6.45, 7) is 11.4. The van der Waals surface area contributed by atoms with Crippen molar-refractivity contribution < 1.29 is 15.0 Å². The van der Waals surface area contributed by atoms with Crippen molar-refractivity contribution in [3.63, 3.8) is 0 Å². The van der Waals surface area contributed by atoms with Crippen LogP contribution in [0.4, 0.5) is 0 Å². The molecule has 3 aromatic rings. The second-order valence-corrected chi connectivity index (χ2v) is 10.9. The minimum Gasteiger partial charge on any atom is -0.478 e. The van der Waals surface area contributed by atoms with E-state index >= 15 is 0 Å². The molecule has 1 aliphatic carbocycles.